The molecule has 1 heterocycles. The fraction of sp³-hybridized carbons (Fsp3) is 0. The van der Waals surface area contributed by atoms with Crippen molar-refractivity contribution in [2.45, 2.75) is 0 Å². The monoisotopic (exact) mass is 358 g/mol. The second-order valence-corrected chi connectivity index (χ2v) is 6.30. The zero-order valence-electron chi connectivity index (χ0n) is 13.8. The molecule has 1 aromatic heterocycles. The Morgan fingerprint density at radius 2 is 1.65 bits per heavy atom. The van der Waals surface area contributed by atoms with Gasteiger partial charge in [-0.25, -0.2) is 4.98 Å². The average molecular weight is 359 g/mol. The van der Waals surface area contributed by atoms with Crippen LogP contribution in [-0.4, -0.2) is 9.55 Å². The van der Waals surface area contributed by atoms with E-state index in [1.807, 2.05) is 78.9 Å². The maximum absolute atomic E-state index is 13.1. The molecule has 0 bridgehead atoms. The molecule has 0 aliphatic rings. The van der Waals surface area contributed by atoms with Crippen molar-refractivity contribution in [2.75, 3.05) is 0 Å². The van der Waals surface area contributed by atoms with E-state index in [4.69, 9.17) is 16.6 Å². The smallest absolute Gasteiger partial charge is 0.265 e. The van der Waals surface area contributed by atoms with Crippen molar-refractivity contribution in [3.63, 3.8) is 0 Å². The van der Waals surface area contributed by atoms with Crippen LogP contribution < -0.4 is 5.56 Å². The summed E-state index contributed by atoms with van der Waals surface area (Å²) in [5.74, 6) is 0.604. The molecule has 0 spiro atoms. The summed E-state index contributed by atoms with van der Waals surface area (Å²) in [7, 11) is 0. The van der Waals surface area contributed by atoms with Gasteiger partial charge in [-0.05, 0) is 35.9 Å². The molecule has 0 radical (unpaired) electrons. The lowest BCUT2D eigenvalue weighted by molar-refractivity contribution is 1.04. The largest absolute Gasteiger partial charge is 0.268 e. The van der Waals surface area contributed by atoms with Gasteiger partial charge in [0, 0.05) is 16.8 Å². The summed E-state index contributed by atoms with van der Waals surface area (Å²) in [5, 5.41) is 1.24. The molecule has 0 aliphatic carbocycles. The van der Waals surface area contributed by atoms with Crippen LogP contribution in [0.5, 0.6) is 0 Å². The van der Waals surface area contributed by atoms with Gasteiger partial charge in [0.1, 0.15) is 5.82 Å². The number of nitrogens with zero attached hydrogens (tertiary/aromatic N) is 2. The number of rotatable bonds is 3. The van der Waals surface area contributed by atoms with E-state index >= 15 is 0 Å². The Bertz CT molecular complexity index is 1160. The summed E-state index contributed by atoms with van der Waals surface area (Å²) in [6.07, 6.45) is 3.60. The van der Waals surface area contributed by atoms with Gasteiger partial charge in [0.05, 0.1) is 10.9 Å². The lowest BCUT2D eigenvalue weighted by Crippen LogP contribution is -2.19. The molecule has 3 aromatic carbocycles. The van der Waals surface area contributed by atoms with Crippen molar-refractivity contribution in [1.29, 1.82) is 0 Å². The number of aromatic nitrogens is 2. The molecule has 0 aliphatic heterocycles. The van der Waals surface area contributed by atoms with Gasteiger partial charge in [0.15, 0.2) is 0 Å². The van der Waals surface area contributed by atoms with E-state index in [1.54, 1.807) is 16.8 Å². The minimum atomic E-state index is -0.104. The van der Waals surface area contributed by atoms with Crippen molar-refractivity contribution in [1.82, 2.24) is 9.55 Å². The van der Waals surface area contributed by atoms with E-state index in [-0.39, 0.29) is 5.56 Å². The van der Waals surface area contributed by atoms with Gasteiger partial charge in [0.25, 0.3) is 5.56 Å². The Kier molecular flexibility index (Phi) is 4.38. The molecule has 0 saturated carbocycles. The zero-order valence-corrected chi connectivity index (χ0v) is 14.6. The number of para-hydroxylation sites is 1. The molecule has 0 fully saturated rings. The van der Waals surface area contributed by atoms with E-state index in [0.29, 0.717) is 21.7 Å². The van der Waals surface area contributed by atoms with Crippen LogP contribution in [0.2, 0.25) is 5.02 Å². The molecule has 0 amide bonds. The summed E-state index contributed by atoms with van der Waals surface area (Å²) >= 11 is 6.05. The molecular formula is C22H15ClN2O. The maximum Gasteiger partial charge on any atom is 0.265 e. The van der Waals surface area contributed by atoms with Gasteiger partial charge < -0.3 is 0 Å². The van der Waals surface area contributed by atoms with Crippen LogP contribution in [0.4, 0.5) is 0 Å². The third-order valence-corrected chi connectivity index (χ3v) is 4.34. The van der Waals surface area contributed by atoms with Gasteiger partial charge in [-0.1, -0.05) is 66.2 Å². The predicted octanol–water partition coefficient (Wildman–Crippen LogP) is 5.34. The van der Waals surface area contributed by atoms with E-state index in [0.717, 1.165) is 11.1 Å². The number of hydrogen-bond donors (Lipinski definition) is 0. The zero-order chi connectivity index (χ0) is 17.9. The number of fused-ring (bicyclic) bond motifs is 1. The van der Waals surface area contributed by atoms with Crippen LogP contribution in [0.25, 0.3) is 34.6 Å². The topological polar surface area (TPSA) is 34.9 Å². The summed E-state index contributed by atoms with van der Waals surface area (Å²) in [6, 6.07) is 24.5. The minimum absolute atomic E-state index is 0.104. The highest BCUT2D eigenvalue weighted by Gasteiger charge is 2.10. The quantitative estimate of drug-likeness (QED) is 0.495. The standard InChI is InChI=1S/C22H15ClN2O/c23-18-10-6-7-16(15-18)13-14-25-21(17-8-2-1-3-9-17)24-20-12-5-4-11-19(20)22(25)26/h1-15H/b14-13+. The SMILES string of the molecule is O=c1c2ccccc2nc(-c2ccccc2)n1/C=C/c1cccc(Cl)c1. The molecule has 26 heavy (non-hydrogen) atoms. The second kappa shape index (κ2) is 6.98. The molecule has 0 atom stereocenters. The number of halogens is 1. The molecular weight excluding hydrogens is 344 g/mol. The fourth-order valence-electron chi connectivity index (χ4n) is 2.85. The van der Waals surface area contributed by atoms with Gasteiger partial charge in [-0.15, -0.1) is 0 Å². The van der Waals surface area contributed by atoms with Gasteiger partial charge >= 0.3 is 0 Å². The fourth-order valence-corrected chi connectivity index (χ4v) is 3.04. The third-order valence-electron chi connectivity index (χ3n) is 4.10. The first-order valence-corrected chi connectivity index (χ1v) is 8.61. The van der Waals surface area contributed by atoms with Crippen LogP contribution in [-0.2, 0) is 0 Å². The minimum Gasteiger partial charge on any atom is -0.268 e. The molecule has 4 heteroatoms. The molecule has 126 valence electrons. The van der Waals surface area contributed by atoms with Gasteiger partial charge in [-0.3, -0.25) is 9.36 Å². The normalized spacial score (nSPS) is 11.3. The van der Waals surface area contributed by atoms with Crippen molar-refractivity contribution < 1.29 is 0 Å². The Morgan fingerprint density at radius 3 is 2.46 bits per heavy atom. The number of hydrogen-bond acceptors (Lipinski definition) is 2. The van der Waals surface area contributed by atoms with E-state index < -0.39 is 0 Å². The van der Waals surface area contributed by atoms with Crippen LogP contribution >= 0.6 is 11.6 Å². The summed E-state index contributed by atoms with van der Waals surface area (Å²) < 4.78 is 1.58. The summed E-state index contributed by atoms with van der Waals surface area (Å²) in [6.45, 7) is 0. The molecule has 0 N–H and O–H groups in total. The lowest BCUT2D eigenvalue weighted by atomic mass is 10.1. The predicted molar refractivity (Wildman–Crippen MR) is 108 cm³/mol. The van der Waals surface area contributed by atoms with Crippen molar-refractivity contribution >= 4 is 34.8 Å². The highest BCUT2D eigenvalue weighted by molar-refractivity contribution is 6.30. The Morgan fingerprint density at radius 1 is 0.885 bits per heavy atom. The summed E-state index contributed by atoms with van der Waals surface area (Å²) in [5.41, 5.74) is 2.37. The van der Waals surface area contributed by atoms with E-state index in [2.05, 4.69) is 0 Å². The average Bonchev–Trinajstić information content (AvgIpc) is 2.68. The highest BCUT2D eigenvalue weighted by Crippen LogP contribution is 2.20. The van der Waals surface area contributed by atoms with Crippen LogP contribution in [0.15, 0.2) is 83.7 Å². The Balaban J connectivity index is 1.94. The molecule has 4 aromatic rings. The van der Waals surface area contributed by atoms with Crippen LogP contribution in [0.3, 0.4) is 0 Å². The first kappa shape index (κ1) is 16.3. The molecule has 0 unspecified atom stereocenters. The second-order valence-electron chi connectivity index (χ2n) is 5.86. The van der Waals surface area contributed by atoms with Crippen molar-refractivity contribution in [2.24, 2.45) is 0 Å². The highest BCUT2D eigenvalue weighted by atomic mass is 35.5. The first-order chi connectivity index (χ1) is 12.7. The number of benzene rings is 3. The van der Waals surface area contributed by atoms with Gasteiger partial charge in [-0.2, -0.15) is 0 Å². The van der Waals surface area contributed by atoms with Gasteiger partial charge in [0.2, 0.25) is 0 Å². The van der Waals surface area contributed by atoms with Crippen LogP contribution in [0.1, 0.15) is 5.56 Å². The molecule has 4 rings (SSSR count). The molecule has 3 nitrogen and oxygen atoms in total. The Labute approximate surface area is 155 Å². The van der Waals surface area contributed by atoms with Crippen molar-refractivity contribution in [3.8, 4) is 11.4 Å². The maximum atomic E-state index is 13.1. The van der Waals surface area contributed by atoms with Crippen LogP contribution in [0, 0.1) is 0 Å². The van der Waals surface area contributed by atoms with E-state index in [1.165, 1.54) is 0 Å². The lowest BCUT2D eigenvalue weighted by Gasteiger charge is -2.10. The molecule has 0 saturated heterocycles. The van der Waals surface area contributed by atoms with E-state index in [9.17, 15) is 4.79 Å². The summed E-state index contributed by atoms with van der Waals surface area (Å²) in [4.78, 5) is 17.8. The Hall–Kier alpha value is -3.17. The third kappa shape index (κ3) is 3.17. The first-order valence-electron chi connectivity index (χ1n) is 8.23. The van der Waals surface area contributed by atoms with Crippen molar-refractivity contribution in [3.05, 3.63) is 99.8 Å².